The lowest BCUT2D eigenvalue weighted by Gasteiger charge is -2.15. The first-order chi connectivity index (χ1) is 11.7. The zero-order valence-corrected chi connectivity index (χ0v) is 15.6. The number of hydrogen-bond acceptors (Lipinski definition) is 3. The Morgan fingerprint density at radius 3 is 2.64 bits per heavy atom. The molecule has 0 bridgehead atoms. The Balaban J connectivity index is 2.94. The Labute approximate surface area is 150 Å². The number of benzene rings is 1. The van der Waals surface area contributed by atoms with Crippen molar-refractivity contribution in [3.05, 3.63) is 41.2 Å². The minimum absolute atomic E-state index is 0.0308. The molecule has 25 heavy (non-hydrogen) atoms. The summed E-state index contributed by atoms with van der Waals surface area (Å²) >= 11 is 0. The summed E-state index contributed by atoms with van der Waals surface area (Å²) in [5.74, 6) is 2.32. The lowest BCUT2D eigenvalue weighted by molar-refractivity contribution is -0.119. The number of carbonyl (C=O) groups is 1. The molecule has 0 fully saturated rings. The van der Waals surface area contributed by atoms with Crippen molar-refractivity contribution >= 4 is 17.2 Å². The molecule has 134 valence electrons. The number of hydrogen-bond donors (Lipinski definition) is 0. The van der Waals surface area contributed by atoms with Gasteiger partial charge in [0.05, 0.1) is 12.3 Å². The number of Topliss-reactive ketones (excluding diaryl/α,β-unsaturated/α-hetero) is 1. The van der Waals surface area contributed by atoms with Crippen LogP contribution in [0.2, 0.25) is 0 Å². The molecule has 0 heterocycles. The van der Waals surface area contributed by atoms with E-state index in [1.807, 2.05) is 20.8 Å². The third kappa shape index (κ3) is 7.03. The summed E-state index contributed by atoms with van der Waals surface area (Å²) in [4.78, 5) is 16.3. The maximum absolute atomic E-state index is 13.8. The zero-order valence-electron chi connectivity index (χ0n) is 15.6. The number of allylic oxidation sites excluding steroid dienone is 2. The van der Waals surface area contributed by atoms with Crippen molar-refractivity contribution in [1.82, 2.24) is 0 Å². The highest BCUT2D eigenvalue weighted by atomic mass is 19.1. The van der Waals surface area contributed by atoms with Crippen LogP contribution < -0.4 is 0 Å². The van der Waals surface area contributed by atoms with Gasteiger partial charge in [0.15, 0.2) is 0 Å². The Morgan fingerprint density at radius 1 is 1.40 bits per heavy atom. The fourth-order valence-electron chi connectivity index (χ4n) is 2.37. The molecule has 1 aromatic carbocycles. The van der Waals surface area contributed by atoms with Gasteiger partial charge in [-0.3, -0.25) is 4.79 Å². The number of nitrogens with zero attached hydrogens (tertiary/aromatic N) is 1. The Morgan fingerprint density at radius 2 is 2.08 bits per heavy atom. The number of rotatable bonds is 7. The Bertz CT molecular complexity index is 719. The second-order valence-electron chi connectivity index (χ2n) is 7.13. The lowest BCUT2D eigenvalue weighted by Crippen LogP contribution is -2.12. The van der Waals surface area contributed by atoms with Crippen LogP contribution in [-0.2, 0) is 16.1 Å². The molecule has 0 atom stereocenters. The summed E-state index contributed by atoms with van der Waals surface area (Å²) < 4.78 is 18.9. The molecule has 0 radical (unpaired) electrons. The summed E-state index contributed by atoms with van der Waals surface area (Å²) in [5.41, 5.74) is 2.10. The van der Waals surface area contributed by atoms with E-state index in [0.717, 1.165) is 0 Å². The monoisotopic (exact) mass is 343 g/mol. The average molecular weight is 343 g/mol. The van der Waals surface area contributed by atoms with Crippen molar-refractivity contribution < 1.29 is 13.9 Å². The van der Waals surface area contributed by atoms with Gasteiger partial charge in [-0.05, 0) is 36.1 Å². The number of methoxy groups -OCH3 is 1. The van der Waals surface area contributed by atoms with Gasteiger partial charge in [-0.25, -0.2) is 9.38 Å². The summed E-state index contributed by atoms with van der Waals surface area (Å²) in [6.45, 7) is 8.03. The largest absolute Gasteiger partial charge is 0.380 e. The molecular weight excluding hydrogens is 317 g/mol. The van der Waals surface area contributed by atoms with Crippen LogP contribution in [0, 0.1) is 30.5 Å². The Hall–Kier alpha value is -2.25. The lowest BCUT2D eigenvalue weighted by atomic mass is 9.89. The number of aliphatic imine (C=N–C) groups is 1. The van der Waals surface area contributed by atoms with Crippen molar-refractivity contribution in [2.24, 2.45) is 10.4 Å². The van der Waals surface area contributed by atoms with Crippen LogP contribution >= 0.6 is 0 Å². The maximum Gasteiger partial charge on any atom is 0.137 e. The van der Waals surface area contributed by atoms with Crippen LogP contribution in [0.3, 0.4) is 0 Å². The summed E-state index contributed by atoms with van der Waals surface area (Å²) in [6, 6.07) is 2.94. The van der Waals surface area contributed by atoms with Crippen LogP contribution in [0.4, 0.5) is 10.1 Å². The van der Waals surface area contributed by atoms with Gasteiger partial charge in [0, 0.05) is 25.5 Å². The van der Waals surface area contributed by atoms with Crippen LogP contribution in [0.1, 0.15) is 44.7 Å². The summed E-state index contributed by atoms with van der Waals surface area (Å²) in [5, 5.41) is 0. The second kappa shape index (κ2) is 9.29. The normalized spacial score (nSPS) is 12.4. The molecule has 0 spiro atoms. The fourth-order valence-corrected chi connectivity index (χ4v) is 2.37. The van der Waals surface area contributed by atoms with Crippen LogP contribution in [0.15, 0.2) is 29.3 Å². The van der Waals surface area contributed by atoms with Crippen molar-refractivity contribution in [2.45, 2.75) is 47.1 Å². The van der Waals surface area contributed by atoms with Crippen molar-refractivity contribution in [3.8, 4) is 12.3 Å². The van der Waals surface area contributed by atoms with E-state index < -0.39 is 0 Å². The first kappa shape index (κ1) is 20.8. The number of terminal acetylenes is 1. The van der Waals surface area contributed by atoms with Gasteiger partial charge in [-0.1, -0.05) is 32.8 Å². The van der Waals surface area contributed by atoms with E-state index in [1.54, 1.807) is 25.1 Å². The molecule has 0 saturated heterocycles. The van der Waals surface area contributed by atoms with E-state index in [4.69, 9.17) is 11.2 Å². The van der Waals surface area contributed by atoms with Crippen LogP contribution in [0.25, 0.3) is 0 Å². The van der Waals surface area contributed by atoms with Gasteiger partial charge < -0.3 is 4.74 Å². The van der Waals surface area contributed by atoms with E-state index in [9.17, 15) is 9.18 Å². The van der Waals surface area contributed by atoms with Crippen molar-refractivity contribution in [3.63, 3.8) is 0 Å². The predicted octanol–water partition coefficient (Wildman–Crippen LogP) is 4.94. The third-order valence-corrected chi connectivity index (χ3v) is 3.54. The molecule has 0 aliphatic carbocycles. The molecule has 0 N–H and O–H groups in total. The molecule has 0 aliphatic heterocycles. The van der Waals surface area contributed by atoms with E-state index in [0.29, 0.717) is 35.4 Å². The molecule has 0 aliphatic rings. The molecule has 0 amide bonds. The van der Waals surface area contributed by atoms with Gasteiger partial charge in [-0.2, -0.15) is 0 Å². The minimum atomic E-state index is -0.330. The first-order valence-corrected chi connectivity index (χ1v) is 8.18. The number of ether oxygens (including phenoxy) is 1. The standard InChI is InChI=1S/C21H26FNO2/c1-7-16(9-8-10-17(24)13-21(3,4)5)23-20-12-11-19(22)18(14-25-6)15(20)2/h1,8-9,11-12H,10,13-14H2,2-6H3/b9-8+,23-16?. The van der Waals surface area contributed by atoms with Gasteiger partial charge in [0.1, 0.15) is 17.3 Å². The highest BCUT2D eigenvalue weighted by molar-refractivity contribution is 6.09. The highest BCUT2D eigenvalue weighted by Gasteiger charge is 2.14. The quantitative estimate of drug-likeness (QED) is 0.520. The minimum Gasteiger partial charge on any atom is -0.380 e. The van der Waals surface area contributed by atoms with E-state index >= 15 is 0 Å². The van der Waals surface area contributed by atoms with Crippen molar-refractivity contribution in [2.75, 3.05) is 7.11 Å². The van der Waals surface area contributed by atoms with Crippen LogP contribution in [0.5, 0.6) is 0 Å². The molecule has 1 aromatic rings. The van der Waals surface area contributed by atoms with Crippen molar-refractivity contribution in [1.29, 1.82) is 0 Å². The van der Waals surface area contributed by atoms with E-state index in [-0.39, 0.29) is 23.6 Å². The van der Waals surface area contributed by atoms with E-state index in [1.165, 1.54) is 13.2 Å². The van der Waals surface area contributed by atoms with E-state index in [2.05, 4.69) is 10.9 Å². The number of halogens is 1. The number of carbonyl (C=O) groups excluding carboxylic acids is 1. The average Bonchev–Trinajstić information content (AvgIpc) is 2.51. The van der Waals surface area contributed by atoms with Gasteiger partial charge in [0.2, 0.25) is 0 Å². The fraction of sp³-hybridized carbons (Fsp3) is 0.429. The zero-order chi connectivity index (χ0) is 19.0. The predicted molar refractivity (Wildman–Crippen MR) is 101 cm³/mol. The molecule has 3 nitrogen and oxygen atoms in total. The Kier molecular flexibility index (Phi) is 7.73. The highest BCUT2D eigenvalue weighted by Crippen LogP contribution is 2.25. The number of ketones is 1. The molecular formula is C21H26FNO2. The van der Waals surface area contributed by atoms with Gasteiger partial charge in [0.25, 0.3) is 0 Å². The topological polar surface area (TPSA) is 38.7 Å². The molecule has 1 rings (SSSR count). The van der Waals surface area contributed by atoms with Gasteiger partial charge in [-0.15, -0.1) is 6.42 Å². The molecule has 0 saturated carbocycles. The molecule has 0 unspecified atom stereocenters. The first-order valence-electron chi connectivity index (χ1n) is 8.18. The third-order valence-electron chi connectivity index (χ3n) is 3.54. The summed E-state index contributed by atoms with van der Waals surface area (Å²) in [7, 11) is 1.51. The van der Waals surface area contributed by atoms with Gasteiger partial charge >= 0.3 is 0 Å². The maximum atomic E-state index is 13.8. The SMILES string of the molecule is C#CC(/C=C/CC(=O)CC(C)(C)C)=Nc1ccc(F)c(COC)c1C. The summed E-state index contributed by atoms with van der Waals surface area (Å²) in [6.07, 6.45) is 9.70. The second-order valence-corrected chi connectivity index (χ2v) is 7.13. The van der Waals surface area contributed by atoms with Crippen LogP contribution in [-0.4, -0.2) is 18.6 Å². The smallest absolute Gasteiger partial charge is 0.137 e. The molecule has 4 heteroatoms. The molecule has 0 aromatic heterocycles.